The van der Waals surface area contributed by atoms with Gasteiger partial charge >= 0.3 is 12.1 Å². The number of nitrogens with zero attached hydrogens (tertiary/aromatic N) is 3. The molecule has 0 aliphatic carbocycles. The van der Waals surface area contributed by atoms with Crippen LogP contribution >= 0.6 is 11.6 Å². The second-order valence-electron chi connectivity index (χ2n) is 10.6. The second kappa shape index (κ2) is 11.5. The number of carbonyl (C=O) groups is 2. The highest BCUT2D eigenvalue weighted by molar-refractivity contribution is 6.32. The number of carbonyl (C=O) groups excluding carboxylic acids is 2. The molecule has 1 saturated heterocycles. The number of methoxy groups -OCH3 is 1. The number of hydrogen-bond acceptors (Lipinski definition) is 9. The number of esters is 1. The Labute approximate surface area is 232 Å². The minimum Gasteiger partial charge on any atom is -0.489 e. The fourth-order valence-electron chi connectivity index (χ4n) is 4.21. The van der Waals surface area contributed by atoms with E-state index in [4.69, 9.17) is 30.3 Å². The maximum atomic E-state index is 12.7. The van der Waals surface area contributed by atoms with E-state index >= 15 is 0 Å². The van der Waals surface area contributed by atoms with Crippen LogP contribution in [0.1, 0.15) is 41.0 Å². The van der Waals surface area contributed by atoms with E-state index < -0.39 is 23.7 Å². The van der Waals surface area contributed by atoms with Crippen LogP contribution in [0.4, 0.5) is 10.5 Å². The second-order valence-corrected chi connectivity index (χ2v) is 11.0. The van der Waals surface area contributed by atoms with Gasteiger partial charge in [-0.15, -0.1) is 0 Å². The lowest BCUT2D eigenvalue weighted by molar-refractivity contribution is -0.145. The largest absolute Gasteiger partial charge is 0.489 e. The van der Waals surface area contributed by atoms with E-state index in [1.54, 1.807) is 32.9 Å². The summed E-state index contributed by atoms with van der Waals surface area (Å²) in [6.45, 7) is 9.51. The highest BCUT2D eigenvalue weighted by Gasteiger charge is 2.42. The maximum Gasteiger partial charge on any atom is 0.411 e. The lowest BCUT2D eigenvalue weighted by Crippen LogP contribution is -2.44. The molecule has 0 spiro atoms. The molecule has 10 nitrogen and oxygen atoms in total. The Hall–Kier alpha value is -3.79. The van der Waals surface area contributed by atoms with Crippen molar-refractivity contribution in [2.75, 3.05) is 19.0 Å². The molecular formula is C28H33ClN4O6. The molecule has 1 aliphatic rings. The molecule has 0 saturated carbocycles. The Kier molecular flexibility index (Phi) is 8.34. The van der Waals surface area contributed by atoms with Gasteiger partial charge in [0, 0.05) is 35.8 Å². The molecule has 0 radical (unpaired) electrons. The number of ether oxygens (including phenoxy) is 3. The van der Waals surface area contributed by atoms with Crippen LogP contribution in [0.2, 0.25) is 5.02 Å². The van der Waals surface area contributed by atoms with Gasteiger partial charge in [0.05, 0.1) is 18.2 Å². The summed E-state index contributed by atoms with van der Waals surface area (Å²) in [4.78, 5) is 31.0. The number of halogens is 1. The van der Waals surface area contributed by atoms with Crippen LogP contribution in [-0.2, 0) is 14.3 Å². The molecule has 208 valence electrons. The summed E-state index contributed by atoms with van der Waals surface area (Å²) in [6, 6.07) is 11.9. The van der Waals surface area contributed by atoms with Gasteiger partial charge in [0.15, 0.2) is 0 Å². The minimum absolute atomic E-state index is 0.00875. The molecule has 4 rings (SSSR count). The van der Waals surface area contributed by atoms with Gasteiger partial charge in [0.25, 0.3) is 5.89 Å². The first-order valence-electron chi connectivity index (χ1n) is 12.7. The van der Waals surface area contributed by atoms with Crippen LogP contribution in [0, 0.1) is 0 Å². The fourth-order valence-corrected chi connectivity index (χ4v) is 4.44. The van der Waals surface area contributed by atoms with Crippen molar-refractivity contribution < 1.29 is 28.3 Å². The molecule has 1 N–H and O–H groups in total. The van der Waals surface area contributed by atoms with Crippen LogP contribution in [0.15, 0.2) is 47.0 Å². The smallest absolute Gasteiger partial charge is 0.411 e. The predicted octanol–water partition coefficient (Wildman–Crippen LogP) is 5.81. The Morgan fingerprint density at radius 1 is 1.13 bits per heavy atom. The van der Waals surface area contributed by atoms with E-state index in [-0.39, 0.29) is 12.1 Å². The standard InChI is InChI=1S/C28H33ClN4O6/c1-16(2)37-23-12-9-18(13-21(23)29)24-31-25(39-32-24)17-7-10-19(11-8-17)30-20-14-22(26(34)36-6)33(15-20)27(35)38-28(3,4)5/h7-13,16,20,22,30H,14-15H2,1-6H3/t20-,22-/m1/s1. The van der Waals surface area contributed by atoms with Gasteiger partial charge in [0.2, 0.25) is 5.82 Å². The number of amides is 1. The van der Waals surface area contributed by atoms with Gasteiger partial charge in [-0.2, -0.15) is 4.98 Å². The van der Waals surface area contributed by atoms with E-state index in [0.717, 1.165) is 11.3 Å². The van der Waals surface area contributed by atoms with Crippen LogP contribution < -0.4 is 10.1 Å². The number of likely N-dealkylation sites (tertiary alicyclic amines) is 1. The third-order valence-corrected chi connectivity index (χ3v) is 6.18. The van der Waals surface area contributed by atoms with Gasteiger partial charge in [-0.1, -0.05) is 16.8 Å². The summed E-state index contributed by atoms with van der Waals surface area (Å²) in [6.07, 6.45) is -0.146. The first-order valence-corrected chi connectivity index (χ1v) is 13.1. The van der Waals surface area contributed by atoms with Gasteiger partial charge in [-0.05, 0) is 77.1 Å². The Bertz CT molecular complexity index is 1320. The average Bonchev–Trinajstić information content (AvgIpc) is 3.52. The quantitative estimate of drug-likeness (QED) is 0.360. The molecule has 0 unspecified atom stereocenters. The zero-order chi connectivity index (χ0) is 28.3. The number of anilines is 1. The third kappa shape index (κ3) is 7.00. The summed E-state index contributed by atoms with van der Waals surface area (Å²) in [5, 5.41) is 7.94. The molecule has 2 atom stereocenters. The van der Waals surface area contributed by atoms with Crippen LogP contribution in [0.25, 0.3) is 22.8 Å². The molecule has 2 heterocycles. The Morgan fingerprint density at radius 3 is 2.44 bits per heavy atom. The molecule has 2 aromatic carbocycles. The first kappa shape index (κ1) is 28.2. The monoisotopic (exact) mass is 556 g/mol. The topological polar surface area (TPSA) is 116 Å². The van der Waals surface area contributed by atoms with Gasteiger partial charge in [-0.3, -0.25) is 4.90 Å². The van der Waals surface area contributed by atoms with Crippen LogP contribution in [-0.4, -0.2) is 64.5 Å². The Balaban J connectivity index is 1.43. The van der Waals surface area contributed by atoms with Crippen molar-refractivity contribution in [2.24, 2.45) is 0 Å². The molecular weight excluding hydrogens is 524 g/mol. The Morgan fingerprint density at radius 2 is 1.82 bits per heavy atom. The van der Waals surface area contributed by atoms with Gasteiger partial charge in [0.1, 0.15) is 17.4 Å². The highest BCUT2D eigenvalue weighted by Crippen LogP contribution is 2.31. The summed E-state index contributed by atoms with van der Waals surface area (Å²) >= 11 is 6.35. The summed E-state index contributed by atoms with van der Waals surface area (Å²) < 4.78 is 21.6. The van der Waals surface area contributed by atoms with Crippen molar-refractivity contribution >= 4 is 29.4 Å². The SMILES string of the molecule is COC(=O)[C@H]1C[C@@H](Nc2ccc(-c3nc(-c4ccc(OC(C)C)c(Cl)c4)no3)cc2)CN1C(=O)OC(C)(C)C. The molecule has 1 aliphatic heterocycles. The average molecular weight is 557 g/mol. The highest BCUT2D eigenvalue weighted by atomic mass is 35.5. The normalized spacial score (nSPS) is 17.3. The van der Waals surface area contributed by atoms with Crippen LogP contribution in [0.3, 0.4) is 0 Å². The first-order chi connectivity index (χ1) is 18.4. The third-order valence-electron chi connectivity index (χ3n) is 5.88. The van der Waals surface area contributed by atoms with Crippen molar-refractivity contribution in [3.05, 3.63) is 47.5 Å². The molecule has 1 amide bonds. The van der Waals surface area contributed by atoms with Crippen molar-refractivity contribution in [3.63, 3.8) is 0 Å². The number of aromatic nitrogens is 2. The summed E-state index contributed by atoms with van der Waals surface area (Å²) in [5.41, 5.74) is 1.58. The zero-order valence-corrected chi connectivity index (χ0v) is 23.6. The van der Waals surface area contributed by atoms with E-state index in [9.17, 15) is 9.59 Å². The summed E-state index contributed by atoms with van der Waals surface area (Å²) in [5.74, 6) is 0.887. The number of rotatable bonds is 7. The zero-order valence-electron chi connectivity index (χ0n) is 22.9. The number of nitrogens with one attached hydrogen (secondary N) is 1. The molecule has 1 aromatic heterocycles. The van der Waals surface area contributed by atoms with Crippen molar-refractivity contribution in [1.82, 2.24) is 15.0 Å². The van der Waals surface area contributed by atoms with E-state index in [1.165, 1.54) is 12.0 Å². The molecule has 0 bridgehead atoms. The van der Waals surface area contributed by atoms with Crippen molar-refractivity contribution in [3.8, 4) is 28.6 Å². The molecule has 3 aromatic rings. The van der Waals surface area contributed by atoms with Crippen molar-refractivity contribution in [2.45, 2.75) is 64.8 Å². The van der Waals surface area contributed by atoms with Gasteiger partial charge in [-0.25, -0.2) is 9.59 Å². The summed E-state index contributed by atoms with van der Waals surface area (Å²) in [7, 11) is 1.31. The molecule has 11 heteroatoms. The number of benzene rings is 2. The van der Waals surface area contributed by atoms with Crippen molar-refractivity contribution in [1.29, 1.82) is 0 Å². The predicted molar refractivity (Wildman–Crippen MR) is 147 cm³/mol. The van der Waals surface area contributed by atoms with Crippen LogP contribution in [0.5, 0.6) is 5.75 Å². The lowest BCUT2D eigenvalue weighted by Gasteiger charge is -2.27. The fraction of sp³-hybridized carbons (Fsp3) is 0.429. The van der Waals surface area contributed by atoms with E-state index in [1.807, 2.05) is 44.2 Å². The minimum atomic E-state index is -0.724. The molecule has 39 heavy (non-hydrogen) atoms. The lowest BCUT2D eigenvalue weighted by atomic mass is 10.1. The van der Waals surface area contributed by atoms with Gasteiger partial charge < -0.3 is 24.1 Å². The maximum absolute atomic E-state index is 12.7. The molecule has 1 fully saturated rings. The van der Waals surface area contributed by atoms with E-state index in [0.29, 0.717) is 41.0 Å². The number of hydrogen-bond donors (Lipinski definition) is 1. The van der Waals surface area contributed by atoms with E-state index in [2.05, 4.69) is 15.5 Å².